The Balaban J connectivity index is 1.63. The molecule has 0 spiro atoms. The number of benzene rings is 3. The van der Waals surface area contributed by atoms with E-state index in [0.29, 0.717) is 11.1 Å². The van der Waals surface area contributed by atoms with E-state index in [1.165, 1.54) is 36.5 Å². The van der Waals surface area contributed by atoms with Gasteiger partial charge >= 0.3 is 11.9 Å². The Morgan fingerprint density at radius 3 is 2.40 bits per heavy atom. The molecule has 3 aromatic carbocycles. The molecule has 0 aliphatic rings. The van der Waals surface area contributed by atoms with Crippen LogP contribution in [0.25, 0.3) is 5.69 Å². The molecule has 1 aromatic heterocycles. The highest BCUT2D eigenvalue weighted by Gasteiger charge is 2.24. The van der Waals surface area contributed by atoms with Crippen molar-refractivity contribution in [3.05, 3.63) is 111 Å². The number of sulfonamides is 1. The van der Waals surface area contributed by atoms with Crippen molar-refractivity contribution in [1.29, 1.82) is 0 Å². The number of aryl methyl sites for hydroxylation is 1. The van der Waals surface area contributed by atoms with Crippen molar-refractivity contribution in [2.75, 3.05) is 16.8 Å². The smallest absolute Gasteiger partial charge is 0.338 e. The van der Waals surface area contributed by atoms with Crippen molar-refractivity contribution >= 4 is 45.2 Å². The maximum absolute atomic E-state index is 13.3. The average molecular weight is 606 g/mol. The molecule has 0 saturated heterocycles. The molecule has 0 aliphatic heterocycles. The number of esters is 1. The monoisotopic (exact) mass is 605 g/mol. The van der Waals surface area contributed by atoms with Crippen LogP contribution in [0, 0.1) is 24.0 Å². The number of nitrogens with one attached hydrogen (secondary N) is 2. The standard InChI is InChI=1S/C29H27N5O8S/c1-4-42-29(37)20-9-11-22(12-10-20)33-18(2)15-21(19(33)3)17-30-31-26-14-13-23(34(38)39)16-27(26)43(40,41)32-25-8-6-5-7-24(25)28(35)36/h5-17,31-32H,4H2,1-3H3,(H,35,36). The summed E-state index contributed by atoms with van der Waals surface area (Å²) in [4.78, 5) is 33.7. The second kappa shape index (κ2) is 12.6. The fourth-order valence-electron chi connectivity index (χ4n) is 4.35. The number of nitro groups is 1. The Morgan fingerprint density at radius 2 is 1.74 bits per heavy atom. The van der Waals surface area contributed by atoms with Gasteiger partial charge in [-0.05, 0) is 69.3 Å². The summed E-state index contributed by atoms with van der Waals surface area (Å²) in [5.74, 6) is -1.77. The number of para-hydroxylation sites is 1. The minimum absolute atomic E-state index is 0.0782. The molecule has 43 heavy (non-hydrogen) atoms. The first-order valence-electron chi connectivity index (χ1n) is 12.8. The molecule has 0 bridgehead atoms. The van der Waals surface area contributed by atoms with Gasteiger partial charge in [-0.15, -0.1) is 0 Å². The number of nitrogens with zero attached hydrogens (tertiary/aromatic N) is 3. The van der Waals surface area contributed by atoms with Crippen LogP contribution in [0.3, 0.4) is 0 Å². The van der Waals surface area contributed by atoms with Gasteiger partial charge in [-0.3, -0.25) is 20.3 Å². The van der Waals surface area contributed by atoms with Gasteiger partial charge in [-0.25, -0.2) is 18.0 Å². The maximum atomic E-state index is 13.3. The van der Waals surface area contributed by atoms with E-state index >= 15 is 0 Å². The average Bonchev–Trinajstić information content (AvgIpc) is 3.25. The normalized spacial score (nSPS) is 11.3. The number of hydrazone groups is 1. The Morgan fingerprint density at radius 1 is 1.05 bits per heavy atom. The van der Waals surface area contributed by atoms with Crippen LogP contribution in [0.4, 0.5) is 17.1 Å². The zero-order valence-electron chi connectivity index (χ0n) is 23.3. The zero-order valence-corrected chi connectivity index (χ0v) is 24.1. The van der Waals surface area contributed by atoms with E-state index < -0.39 is 37.5 Å². The Kier molecular flexibility index (Phi) is 8.90. The lowest BCUT2D eigenvalue weighted by molar-refractivity contribution is -0.385. The van der Waals surface area contributed by atoms with Gasteiger partial charge in [-0.1, -0.05) is 12.1 Å². The Bertz CT molecular complexity index is 1850. The molecular formula is C29H27N5O8S. The number of aromatic nitrogens is 1. The minimum atomic E-state index is -4.50. The van der Waals surface area contributed by atoms with Crippen molar-refractivity contribution in [2.24, 2.45) is 5.10 Å². The van der Waals surface area contributed by atoms with Crippen molar-refractivity contribution in [3.63, 3.8) is 0 Å². The Hall–Kier alpha value is -5.50. The van der Waals surface area contributed by atoms with E-state index in [4.69, 9.17) is 4.74 Å². The van der Waals surface area contributed by atoms with E-state index in [0.717, 1.165) is 29.2 Å². The van der Waals surface area contributed by atoms with E-state index in [2.05, 4.69) is 15.2 Å². The summed E-state index contributed by atoms with van der Waals surface area (Å²) in [5, 5.41) is 25.0. The number of rotatable bonds is 11. The molecule has 14 heteroatoms. The lowest BCUT2D eigenvalue weighted by Crippen LogP contribution is -2.17. The van der Waals surface area contributed by atoms with Gasteiger partial charge in [0.05, 0.1) is 40.2 Å². The van der Waals surface area contributed by atoms with Gasteiger partial charge in [0, 0.05) is 34.8 Å². The van der Waals surface area contributed by atoms with Gasteiger partial charge in [0.1, 0.15) is 4.90 Å². The second-order valence-electron chi connectivity index (χ2n) is 9.19. The van der Waals surface area contributed by atoms with Crippen molar-refractivity contribution in [1.82, 2.24) is 4.57 Å². The predicted octanol–water partition coefficient (Wildman–Crippen LogP) is 5.12. The molecule has 3 N–H and O–H groups in total. The van der Waals surface area contributed by atoms with E-state index in [-0.39, 0.29) is 23.5 Å². The number of aromatic carboxylic acids is 1. The summed E-state index contributed by atoms with van der Waals surface area (Å²) < 4.78 is 35.8. The number of ether oxygens (including phenoxy) is 1. The van der Waals surface area contributed by atoms with Gasteiger partial charge in [0.15, 0.2) is 0 Å². The number of hydrogen-bond acceptors (Lipinski definition) is 9. The molecule has 0 fully saturated rings. The molecule has 13 nitrogen and oxygen atoms in total. The molecule has 0 unspecified atom stereocenters. The van der Waals surface area contributed by atoms with Gasteiger partial charge < -0.3 is 14.4 Å². The van der Waals surface area contributed by atoms with E-state index in [1.807, 2.05) is 24.5 Å². The lowest BCUT2D eigenvalue weighted by atomic mass is 10.2. The van der Waals surface area contributed by atoms with Crippen LogP contribution >= 0.6 is 0 Å². The number of carbonyl (C=O) groups excluding carboxylic acids is 1. The Labute approximate surface area is 246 Å². The van der Waals surface area contributed by atoms with Crippen molar-refractivity contribution in [3.8, 4) is 5.69 Å². The fraction of sp³-hybridized carbons (Fsp3) is 0.138. The molecule has 0 aliphatic carbocycles. The molecule has 222 valence electrons. The highest BCUT2D eigenvalue weighted by molar-refractivity contribution is 7.93. The van der Waals surface area contributed by atoms with Crippen LogP contribution in [-0.2, 0) is 14.8 Å². The highest BCUT2D eigenvalue weighted by Crippen LogP contribution is 2.29. The van der Waals surface area contributed by atoms with Crippen LogP contribution < -0.4 is 10.1 Å². The molecule has 4 rings (SSSR count). The molecule has 0 atom stereocenters. The zero-order chi connectivity index (χ0) is 31.3. The second-order valence-corrected chi connectivity index (χ2v) is 10.8. The van der Waals surface area contributed by atoms with Crippen molar-refractivity contribution < 1.29 is 32.8 Å². The van der Waals surface area contributed by atoms with Crippen LogP contribution in [0.2, 0.25) is 0 Å². The third kappa shape index (κ3) is 6.70. The molecule has 0 saturated carbocycles. The quantitative estimate of drug-likeness (QED) is 0.0904. The van der Waals surface area contributed by atoms with Crippen LogP contribution in [0.15, 0.2) is 82.8 Å². The third-order valence-electron chi connectivity index (χ3n) is 6.36. The highest BCUT2D eigenvalue weighted by atomic mass is 32.2. The number of non-ortho nitro benzene ring substituents is 1. The summed E-state index contributed by atoms with van der Waals surface area (Å²) in [6.07, 6.45) is 1.47. The third-order valence-corrected chi connectivity index (χ3v) is 7.77. The number of anilines is 2. The first-order chi connectivity index (χ1) is 20.4. The van der Waals surface area contributed by atoms with Crippen LogP contribution in [-0.4, -0.2) is 47.8 Å². The molecule has 0 amide bonds. The minimum Gasteiger partial charge on any atom is -0.478 e. The molecule has 1 heterocycles. The SMILES string of the molecule is CCOC(=O)c1ccc(-n2c(C)cc(C=NNc3ccc([N+](=O)[O-])cc3S(=O)(=O)Nc3ccccc3C(=O)O)c2C)cc1. The van der Waals surface area contributed by atoms with E-state index in [1.54, 1.807) is 31.2 Å². The summed E-state index contributed by atoms with van der Waals surface area (Å²) in [6, 6.07) is 17.3. The molecular weight excluding hydrogens is 578 g/mol. The van der Waals surface area contributed by atoms with Crippen LogP contribution in [0.5, 0.6) is 0 Å². The number of hydrogen-bond donors (Lipinski definition) is 3. The fourth-order valence-corrected chi connectivity index (χ4v) is 5.60. The maximum Gasteiger partial charge on any atom is 0.338 e. The van der Waals surface area contributed by atoms with Gasteiger partial charge in [0.25, 0.3) is 15.7 Å². The first kappa shape index (κ1) is 30.5. The lowest BCUT2D eigenvalue weighted by Gasteiger charge is -2.13. The number of carbonyl (C=O) groups is 2. The van der Waals surface area contributed by atoms with Gasteiger partial charge in [-0.2, -0.15) is 5.10 Å². The molecule has 4 aromatic rings. The van der Waals surface area contributed by atoms with Gasteiger partial charge in [0.2, 0.25) is 0 Å². The number of nitro benzene ring substituents is 1. The number of carboxylic acid groups (broad SMARTS) is 1. The van der Waals surface area contributed by atoms with Crippen LogP contribution in [0.1, 0.15) is 44.6 Å². The largest absolute Gasteiger partial charge is 0.478 e. The first-order valence-corrected chi connectivity index (χ1v) is 14.3. The summed E-state index contributed by atoms with van der Waals surface area (Å²) >= 11 is 0. The van der Waals surface area contributed by atoms with Crippen molar-refractivity contribution in [2.45, 2.75) is 25.7 Å². The molecule has 0 radical (unpaired) electrons. The summed E-state index contributed by atoms with van der Waals surface area (Å²) in [6.45, 7) is 5.75. The number of carboxylic acids is 1. The predicted molar refractivity (Wildman–Crippen MR) is 160 cm³/mol. The topological polar surface area (TPSA) is 182 Å². The summed E-state index contributed by atoms with van der Waals surface area (Å²) in [5.41, 5.74) is 5.15. The summed E-state index contributed by atoms with van der Waals surface area (Å²) in [7, 11) is -4.50. The van der Waals surface area contributed by atoms with E-state index in [9.17, 15) is 33.2 Å².